The van der Waals surface area contributed by atoms with Crippen molar-refractivity contribution in [1.29, 1.82) is 0 Å². The summed E-state index contributed by atoms with van der Waals surface area (Å²) in [6, 6.07) is 8.60. The number of thiophene rings is 1. The lowest BCUT2D eigenvalue weighted by atomic mass is 10.1. The molecule has 2 aromatic rings. The molecule has 11 heteroatoms. The van der Waals surface area contributed by atoms with Gasteiger partial charge in [-0.1, -0.05) is 11.6 Å². The summed E-state index contributed by atoms with van der Waals surface area (Å²) in [5, 5.41) is 5.20. The first-order valence-electron chi connectivity index (χ1n) is 9.29. The molecule has 1 saturated heterocycles. The minimum atomic E-state index is -1.15. The van der Waals surface area contributed by atoms with Crippen LogP contribution in [0, 0.1) is 0 Å². The first kappa shape index (κ1) is 22.7. The number of morpholine rings is 1. The van der Waals surface area contributed by atoms with Crippen LogP contribution in [-0.2, 0) is 23.9 Å². The van der Waals surface area contributed by atoms with Crippen molar-refractivity contribution >= 4 is 58.0 Å². The van der Waals surface area contributed by atoms with Crippen molar-refractivity contribution < 1.29 is 28.7 Å². The average molecular weight is 466 g/mol. The zero-order chi connectivity index (χ0) is 22.4. The molecule has 0 saturated carbocycles. The van der Waals surface area contributed by atoms with Crippen molar-refractivity contribution in [3.8, 4) is 0 Å². The predicted molar refractivity (Wildman–Crippen MR) is 115 cm³/mol. The molecule has 1 atom stereocenters. The molecular formula is C20H20ClN3O6S. The standard InChI is InChI=1S/C20H20ClN3O6S/c1-29-18(26)10-14(23-20(28)15-6-7-16(21)31-15)19(27)22-12-2-4-13(5-3-12)24-8-9-30-11-17(24)25/h2-7,14H,8-11H2,1H3,(H,22,27)(H,23,28). The van der Waals surface area contributed by atoms with Crippen LogP contribution in [0.3, 0.4) is 0 Å². The van der Waals surface area contributed by atoms with Gasteiger partial charge in [-0.2, -0.15) is 0 Å². The molecule has 0 bridgehead atoms. The molecule has 1 fully saturated rings. The second-order valence-corrected chi connectivity index (χ2v) is 8.26. The summed E-state index contributed by atoms with van der Waals surface area (Å²) in [5.74, 6) is -1.90. The predicted octanol–water partition coefficient (Wildman–Crippen LogP) is 2.06. The Balaban J connectivity index is 1.68. The lowest BCUT2D eigenvalue weighted by molar-refractivity contribution is -0.142. The van der Waals surface area contributed by atoms with Crippen molar-refractivity contribution in [1.82, 2.24) is 5.32 Å². The third-order valence-corrected chi connectivity index (χ3v) is 5.68. The van der Waals surface area contributed by atoms with Gasteiger partial charge in [0.1, 0.15) is 12.6 Å². The molecule has 3 rings (SSSR count). The molecule has 1 aliphatic heterocycles. The minimum absolute atomic E-state index is 0.0306. The number of hydrogen-bond donors (Lipinski definition) is 2. The monoisotopic (exact) mass is 465 g/mol. The van der Waals surface area contributed by atoms with Gasteiger partial charge >= 0.3 is 5.97 Å². The van der Waals surface area contributed by atoms with E-state index in [1.54, 1.807) is 35.2 Å². The quantitative estimate of drug-likeness (QED) is 0.605. The highest BCUT2D eigenvalue weighted by Gasteiger charge is 2.26. The number of methoxy groups -OCH3 is 1. The van der Waals surface area contributed by atoms with Crippen LogP contribution in [0.15, 0.2) is 36.4 Å². The van der Waals surface area contributed by atoms with E-state index in [9.17, 15) is 19.2 Å². The lowest BCUT2D eigenvalue weighted by Crippen LogP contribution is -2.45. The number of halogens is 1. The van der Waals surface area contributed by atoms with E-state index in [1.807, 2.05) is 0 Å². The van der Waals surface area contributed by atoms with E-state index in [-0.39, 0.29) is 18.9 Å². The Labute approximate surface area is 187 Å². The summed E-state index contributed by atoms with van der Waals surface area (Å²) in [6.45, 7) is 0.932. The molecule has 2 heterocycles. The number of rotatable bonds is 7. The molecule has 0 radical (unpaired) electrons. The van der Waals surface area contributed by atoms with Crippen LogP contribution in [0.4, 0.5) is 11.4 Å². The molecule has 0 spiro atoms. The third-order valence-electron chi connectivity index (χ3n) is 4.45. The number of benzene rings is 1. The maximum Gasteiger partial charge on any atom is 0.308 e. The molecule has 2 N–H and O–H groups in total. The Kier molecular flexibility index (Phi) is 7.61. The molecular weight excluding hydrogens is 446 g/mol. The highest BCUT2D eigenvalue weighted by molar-refractivity contribution is 7.18. The Bertz CT molecular complexity index is 978. The van der Waals surface area contributed by atoms with E-state index in [0.29, 0.717) is 33.7 Å². The SMILES string of the molecule is COC(=O)CC(NC(=O)c1ccc(Cl)s1)C(=O)Nc1ccc(N2CCOCC2=O)cc1. The number of nitrogens with zero attached hydrogens (tertiary/aromatic N) is 1. The number of ether oxygens (including phenoxy) is 2. The summed E-state index contributed by atoms with van der Waals surface area (Å²) < 4.78 is 10.2. The first-order valence-corrected chi connectivity index (χ1v) is 10.5. The number of hydrogen-bond acceptors (Lipinski definition) is 7. The van der Waals surface area contributed by atoms with E-state index in [2.05, 4.69) is 15.4 Å². The van der Waals surface area contributed by atoms with Gasteiger partial charge < -0.3 is 25.0 Å². The largest absolute Gasteiger partial charge is 0.469 e. The Hall–Kier alpha value is -2.95. The summed E-state index contributed by atoms with van der Waals surface area (Å²) in [4.78, 5) is 50.7. The van der Waals surface area contributed by atoms with Gasteiger partial charge in [0.25, 0.3) is 11.8 Å². The van der Waals surface area contributed by atoms with E-state index in [4.69, 9.17) is 16.3 Å². The molecule has 3 amide bonds. The van der Waals surface area contributed by atoms with Crippen molar-refractivity contribution in [2.75, 3.05) is 37.1 Å². The van der Waals surface area contributed by atoms with Gasteiger partial charge in [-0.15, -0.1) is 11.3 Å². The smallest absolute Gasteiger partial charge is 0.308 e. The number of anilines is 2. The number of amides is 3. The van der Waals surface area contributed by atoms with Crippen molar-refractivity contribution in [2.24, 2.45) is 0 Å². The second-order valence-electron chi connectivity index (χ2n) is 6.54. The average Bonchev–Trinajstić information content (AvgIpc) is 3.20. The normalized spacial score (nSPS) is 14.6. The van der Waals surface area contributed by atoms with Gasteiger partial charge in [-0.05, 0) is 36.4 Å². The Morgan fingerprint density at radius 3 is 2.58 bits per heavy atom. The maximum absolute atomic E-state index is 12.7. The lowest BCUT2D eigenvalue weighted by Gasteiger charge is -2.27. The van der Waals surface area contributed by atoms with Gasteiger partial charge in [-0.3, -0.25) is 19.2 Å². The highest BCUT2D eigenvalue weighted by Crippen LogP contribution is 2.22. The summed E-state index contributed by atoms with van der Waals surface area (Å²) >= 11 is 6.91. The second kappa shape index (κ2) is 10.4. The molecule has 1 aromatic heterocycles. The van der Waals surface area contributed by atoms with Gasteiger partial charge in [0.05, 0.1) is 29.4 Å². The molecule has 31 heavy (non-hydrogen) atoms. The fourth-order valence-electron chi connectivity index (χ4n) is 2.87. The molecule has 9 nitrogen and oxygen atoms in total. The van der Waals surface area contributed by atoms with Crippen LogP contribution in [-0.4, -0.2) is 56.6 Å². The van der Waals surface area contributed by atoms with Gasteiger partial charge in [-0.25, -0.2) is 0 Å². The van der Waals surface area contributed by atoms with E-state index < -0.39 is 23.8 Å². The van der Waals surface area contributed by atoms with Crippen LogP contribution in [0.2, 0.25) is 4.34 Å². The van der Waals surface area contributed by atoms with Crippen molar-refractivity contribution in [2.45, 2.75) is 12.5 Å². The Morgan fingerprint density at radius 1 is 1.23 bits per heavy atom. The molecule has 1 unspecified atom stereocenters. The van der Waals surface area contributed by atoms with Gasteiger partial charge in [0, 0.05) is 17.9 Å². The summed E-state index contributed by atoms with van der Waals surface area (Å²) in [7, 11) is 1.20. The van der Waals surface area contributed by atoms with Crippen LogP contribution >= 0.6 is 22.9 Å². The Morgan fingerprint density at radius 2 is 1.97 bits per heavy atom. The van der Waals surface area contributed by atoms with E-state index in [0.717, 1.165) is 11.3 Å². The van der Waals surface area contributed by atoms with Crippen LogP contribution in [0.25, 0.3) is 0 Å². The number of carbonyl (C=O) groups excluding carboxylic acids is 4. The minimum Gasteiger partial charge on any atom is -0.469 e. The topological polar surface area (TPSA) is 114 Å². The first-order chi connectivity index (χ1) is 14.9. The zero-order valence-corrected chi connectivity index (χ0v) is 18.1. The fraction of sp³-hybridized carbons (Fsp3) is 0.300. The zero-order valence-electron chi connectivity index (χ0n) is 16.6. The number of carbonyl (C=O) groups is 4. The van der Waals surface area contributed by atoms with Crippen molar-refractivity contribution in [3.63, 3.8) is 0 Å². The third kappa shape index (κ3) is 6.03. The molecule has 1 aliphatic rings. The highest BCUT2D eigenvalue weighted by atomic mass is 35.5. The van der Waals surface area contributed by atoms with Gasteiger partial charge in [0.2, 0.25) is 5.91 Å². The molecule has 0 aliphatic carbocycles. The maximum atomic E-state index is 12.7. The van der Waals surface area contributed by atoms with E-state index in [1.165, 1.54) is 13.2 Å². The van der Waals surface area contributed by atoms with Crippen LogP contribution in [0.1, 0.15) is 16.1 Å². The van der Waals surface area contributed by atoms with Crippen molar-refractivity contribution in [3.05, 3.63) is 45.6 Å². The number of esters is 1. The molecule has 1 aromatic carbocycles. The molecule has 164 valence electrons. The van der Waals surface area contributed by atoms with Gasteiger partial charge in [0.15, 0.2) is 0 Å². The summed E-state index contributed by atoms with van der Waals surface area (Å²) in [6.07, 6.45) is -0.340. The van der Waals surface area contributed by atoms with E-state index >= 15 is 0 Å². The summed E-state index contributed by atoms with van der Waals surface area (Å²) in [5.41, 5.74) is 1.12. The fourth-order valence-corrected chi connectivity index (χ4v) is 3.82. The van der Waals surface area contributed by atoms with Crippen LogP contribution < -0.4 is 15.5 Å². The van der Waals surface area contributed by atoms with Crippen LogP contribution in [0.5, 0.6) is 0 Å². The number of nitrogens with one attached hydrogen (secondary N) is 2.